The van der Waals surface area contributed by atoms with Crippen LogP contribution in [0.25, 0.3) is 0 Å². The van der Waals surface area contributed by atoms with Crippen molar-refractivity contribution in [3.8, 4) is 17.2 Å². The summed E-state index contributed by atoms with van der Waals surface area (Å²) in [5, 5.41) is 2.77. The molecule has 1 aliphatic rings. The minimum Gasteiger partial charge on any atom is -0.495 e. The molecule has 9 heteroatoms. The van der Waals surface area contributed by atoms with Gasteiger partial charge in [-0.25, -0.2) is 8.42 Å². The van der Waals surface area contributed by atoms with Crippen molar-refractivity contribution in [2.24, 2.45) is 0 Å². The van der Waals surface area contributed by atoms with E-state index in [1.165, 1.54) is 29.6 Å². The maximum Gasteiger partial charge on any atom is 0.259 e. The lowest BCUT2D eigenvalue weighted by atomic mass is 10.1. The Bertz CT molecular complexity index is 1220. The van der Waals surface area contributed by atoms with E-state index in [2.05, 4.69) is 5.32 Å². The molecular formula is C24H24N2O6S. The zero-order valence-corrected chi connectivity index (χ0v) is 18.9. The van der Waals surface area contributed by atoms with E-state index in [1.54, 1.807) is 36.4 Å². The molecule has 8 nitrogen and oxygen atoms in total. The highest BCUT2D eigenvalue weighted by molar-refractivity contribution is 7.89. The third-order valence-corrected chi connectivity index (χ3v) is 7.02. The molecule has 1 N–H and O–H groups in total. The first-order valence-corrected chi connectivity index (χ1v) is 11.8. The molecule has 0 spiro atoms. The van der Waals surface area contributed by atoms with Crippen molar-refractivity contribution >= 4 is 21.6 Å². The Labute approximate surface area is 192 Å². The van der Waals surface area contributed by atoms with Crippen LogP contribution in [-0.4, -0.2) is 52.0 Å². The number of ether oxygens (including phenoxy) is 3. The van der Waals surface area contributed by atoms with Gasteiger partial charge in [-0.3, -0.25) is 4.79 Å². The third-order valence-electron chi connectivity index (χ3n) is 5.13. The molecule has 0 saturated carbocycles. The van der Waals surface area contributed by atoms with Gasteiger partial charge in [0.05, 0.1) is 36.5 Å². The molecule has 33 heavy (non-hydrogen) atoms. The van der Waals surface area contributed by atoms with Crippen LogP contribution in [0.5, 0.6) is 17.2 Å². The van der Waals surface area contributed by atoms with Crippen molar-refractivity contribution in [2.45, 2.75) is 4.90 Å². The summed E-state index contributed by atoms with van der Waals surface area (Å²) in [6.45, 7) is 1.24. The molecule has 3 aromatic carbocycles. The number of hydrogen-bond donors (Lipinski definition) is 1. The first-order valence-electron chi connectivity index (χ1n) is 10.4. The Morgan fingerprint density at radius 2 is 1.64 bits per heavy atom. The Hall–Kier alpha value is -3.40. The van der Waals surface area contributed by atoms with Gasteiger partial charge in [0.25, 0.3) is 5.91 Å². The van der Waals surface area contributed by atoms with Gasteiger partial charge in [-0.2, -0.15) is 4.31 Å². The van der Waals surface area contributed by atoms with Gasteiger partial charge in [0.15, 0.2) is 0 Å². The van der Waals surface area contributed by atoms with Crippen molar-refractivity contribution < 1.29 is 27.4 Å². The first kappa shape index (κ1) is 22.8. The minimum absolute atomic E-state index is 0.0642. The standard InChI is InChI=1S/C24H24N2O6S/c1-30-23-12-11-19(33(28,29)26-13-15-31-16-14-26)17-21(23)25-24(27)20-9-5-6-10-22(20)32-18-7-3-2-4-8-18/h2-12,17H,13-16H2,1H3,(H,25,27). The molecule has 0 unspecified atom stereocenters. The van der Waals surface area contributed by atoms with Crippen molar-refractivity contribution in [2.75, 3.05) is 38.7 Å². The number of nitrogens with zero attached hydrogens (tertiary/aromatic N) is 1. The van der Waals surface area contributed by atoms with Crippen LogP contribution in [0.1, 0.15) is 10.4 Å². The Morgan fingerprint density at radius 1 is 0.939 bits per heavy atom. The monoisotopic (exact) mass is 468 g/mol. The first-order chi connectivity index (χ1) is 16.0. The molecule has 4 rings (SSSR count). The van der Waals surface area contributed by atoms with Crippen molar-refractivity contribution in [1.82, 2.24) is 4.31 Å². The number of para-hydroxylation sites is 2. The average Bonchev–Trinajstić information content (AvgIpc) is 2.85. The molecule has 0 bridgehead atoms. The maximum atomic E-state index is 13.1. The maximum absolute atomic E-state index is 13.1. The highest BCUT2D eigenvalue weighted by atomic mass is 32.2. The van der Waals surface area contributed by atoms with Crippen LogP contribution in [0.4, 0.5) is 5.69 Å². The number of amides is 1. The summed E-state index contributed by atoms with van der Waals surface area (Å²) in [4.78, 5) is 13.2. The molecular weight excluding hydrogens is 444 g/mol. The van der Waals surface area contributed by atoms with Gasteiger partial charge in [0, 0.05) is 13.1 Å². The fourth-order valence-electron chi connectivity index (χ4n) is 3.43. The molecule has 1 heterocycles. The normalized spacial score (nSPS) is 14.5. The predicted octanol–water partition coefficient (Wildman–Crippen LogP) is 3.76. The second kappa shape index (κ2) is 10.0. The molecule has 1 saturated heterocycles. The lowest BCUT2D eigenvalue weighted by molar-refractivity contribution is 0.0730. The van der Waals surface area contributed by atoms with Crippen LogP contribution in [0.2, 0.25) is 0 Å². The van der Waals surface area contributed by atoms with E-state index >= 15 is 0 Å². The van der Waals surface area contributed by atoms with E-state index in [1.807, 2.05) is 18.2 Å². The van der Waals surface area contributed by atoms with Gasteiger partial charge in [0.2, 0.25) is 10.0 Å². The van der Waals surface area contributed by atoms with Crippen molar-refractivity contribution in [3.63, 3.8) is 0 Å². The quantitative estimate of drug-likeness (QED) is 0.568. The topological polar surface area (TPSA) is 94.2 Å². The van der Waals surface area contributed by atoms with E-state index in [0.717, 1.165) is 0 Å². The number of carbonyl (C=O) groups excluding carboxylic acids is 1. The molecule has 172 valence electrons. The summed E-state index contributed by atoms with van der Waals surface area (Å²) in [6.07, 6.45) is 0. The van der Waals surface area contributed by atoms with E-state index in [-0.39, 0.29) is 23.7 Å². The summed E-state index contributed by atoms with van der Waals surface area (Å²) in [5.41, 5.74) is 0.538. The second-order valence-electron chi connectivity index (χ2n) is 7.24. The van der Waals surface area contributed by atoms with Crippen molar-refractivity contribution in [1.29, 1.82) is 0 Å². The fourth-order valence-corrected chi connectivity index (χ4v) is 4.86. The fraction of sp³-hybridized carbons (Fsp3) is 0.208. The van der Waals surface area contributed by atoms with Crippen LogP contribution in [0.15, 0.2) is 77.7 Å². The molecule has 0 atom stereocenters. The number of benzene rings is 3. The molecule has 3 aromatic rings. The van der Waals surface area contributed by atoms with Gasteiger partial charge < -0.3 is 19.5 Å². The summed E-state index contributed by atoms with van der Waals surface area (Å²) in [7, 11) is -2.29. The number of hydrogen-bond acceptors (Lipinski definition) is 6. The SMILES string of the molecule is COc1ccc(S(=O)(=O)N2CCOCC2)cc1NC(=O)c1ccccc1Oc1ccccc1. The average molecular weight is 469 g/mol. The Morgan fingerprint density at radius 3 is 2.36 bits per heavy atom. The lowest BCUT2D eigenvalue weighted by Gasteiger charge is -2.26. The number of rotatable bonds is 7. The number of anilines is 1. The van der Waals surface area contributed by atoms with Crippen LogP contribution in [0, 0.1) is 0 Å². The van der Waals surface area contributed by atoms with Crippen LogP contribution < -0.4 is 14.8 Å². The summed E-state index contributed by atoms with van der Waals surface area (Å²) in [6, 6.07) is 20.3. The van der Waals surface area contributed by atoms with Gasteiger partial charge >= 0.3 is 0 Å². The van der Waals surface area contributed by atoms with Crippen LogP contribution >= 0.6 is 0 Å². The Kier molecular flexibility index (Phi) is 6.93. The van der Waals surface area contributed by atoms with E-state index in [0.29, 0.717) is 36.0 Å². The summed E-state index contributed by atoms with van der Waals surface area (Å²) in [5.74, 6) is 0.845. The zero-order chi connectivity index (χ0) is 23.3. The third kappa shape index (κ3) is 5.16. The minimum atomic E-state index is -3.74. The molecule has 0 aliphatic carbocycles. The van der Waals surface area contributed by atoms with Gasteiger partial charge in [0.1, 0.15) is 17.2 Å². The number of methoxy groups -OCH3 is 1. The Balaban J connectivity index is 1.61. The lowest BCUT2D eigenvalue weighted by Crippen LogP contribution is -2.40. The van der Waals surface area contributed by atoms with E-state index in [9.17, 15) is 13.2 Å². The molecule has 0 aromatic heterocycles. The predicted molar refractivity (Wildman–Crippen MR) is 123 cm³/mol. The molecule has 0 radical (unpaired) electrons. The smallest absolute Gasteiger partial charge is 0.259 e. The number of morpholine rings is 1. The number of carbonyl (C=O) groups is 1. The molecule has 1 amide bonds. The summed E-state index contributed by atoms with van der Waals surface area (Å²) >= 11 is 0. The van der Waals surface area contributed by atoms with Gasteiger partial charge in [-0.05, 0) is 42.5 Å². The largest absolute Gasteiger partial charge is 0.495 e. The van der Waals surface area contributed by atoms with Gasteiger partial charge in [-0.1, -0.05) is 30.3 Å². The zero-order valence-electron chi connectivity index (χ0n) is 18.1. The number of sulfonamides is 1. The van der Waals surface area contributed by atoms with E-state index < -0.39 is 15.9 Å². The number of nitrogens with one attached hydrogen (secondary N) is 1. The highest BCUT2D eigenvalue weighted by Gasteiger charge is 2.27. The van der Waals surface area contributed by atoms with Crippen molar-refractivity contribution in [3.05, 3.63) is 78.4 Å². The molecule has 1 fully saturated rings. The van der Waals surface area contributed by atoms with E-state index in [4.69, 9.17) is 14.2 Å². The highest BCUT2D eigenvalue weighted by Crippen LogP contribution is 2.31. The summed E-state index contributed by atoms with van der Waals surface area (Å²) < 4.78 is 43.9. The second-order valence-corrected chi connectivity index (χ2v) is 9.18. The van der Waals surface area contributed by atoms with Crippen LogP contribution in [0.3, 0.4) is 0 Å². The van der Waals surface area contributed by atoms with Gasteiger partial charge in [-0.15, -0.1) is 0 Å². The van der Waals surface area contributed by atoms with Crippen LogP contribution in [-0.2, 0) is 14.8 Å². The molecule has 1 aliphatic heterocycles.